The van der Waals surface area contributed by atoms with Crippen LogP contribution in [0.5, 0.6) is 11.5 Å². The number of hydrogen-bond donors (Lipinski definition) is 0. The molecule has 1 heterocycles. The van der Waals surface area contributed by atoms with E-state index >= 15 is 0 Å². The zero-order valence-corrected chi connectivity index (χ0v) is 15.1. The Hall–Kier alpha value is -3.34. The third-order valence-electron chi connectivity index (χ3n) is 3.82. The Morgan fingerprint density at radius 2 is 1.41 bits per heavy atom. The number of aromatic nitrogens is 1. The van der Waals surface area contributed by atoms with Crippen molar-refractivity contribution in [1.29, 1.82) is 0 Å². The average Bonchev–Trinajstić information content (AvgIpc) is 2.71. The lowest BCUT2D eigenvalue weighted by atomic mass is 10.2. The van der Waals surface area contributed by atoms with E-state index in [9.17, 15) is 4.79 Å². The minimum Gasteiger partial charge on any atom is -0.485 e. The largest absolute Gasteiger partial charge is 0.485 e. The zero-order chi connectivity index (χ0) is 18.9. The van der Waals surface area contributed by atoms with Gasteiger partial charge in [0.15, 0.2) is 11.5 Å². The van der Waals surface area contributed by atoms with Gasteiger partial charge in [-0.2, -0.15) is 0 Å². The van der Waals surface area contributed by atoms with Crippen molar-refractivity contribution in [1.82, 2.24) is 4.98 Å². The van der Waals surface area contributed by atoms with Crippen molar-refractivity contribution in [2.45, 2.75) is 26.7 Å². The molecule has 3 rings (SSSR count). The molecule has 0 saturated carbocycles. The van der Waals surface area contributed by atoms with Crippen LogP contribution in [-0.2, 0) is 29.4 Å². The summed E-state index contributed by atoms with van der Waals surface area (Å²) in [6.45, 7) is 2.16. The molecule has 0 aliphatic rings. The maximum atomic E-state index is 11.2. The van der Waals surface area contributed by atoms with Gasteiger partial charge in [-0.25, -0.2) is 0 Å². The lowest BCUT2D eigenvalue weighted by Crippen LogP contribution is -2.07. The van der Waals surface area contributed by atoms with Gasteiger partial charge in [-0.3, -0.25) is 9.78 Å². The lowest BCUT2D eigenvalue weighted by Gasteiger charge is -2.16. The Bertz CT molecular complexity index is 866. The number of benzene rings is 2. The summed E-state index contributed by atoms with van der Waals surface area (Å²) in [6.07, 6.45) is 1.62. The first-order valence-electron chi connectivity index (χ1n) is 8.67. The molecular formula is C22H21NO4. The molecule has 27 heavy (non-hydrogen) atoms. The van der Waals surface area contributed by atoms with Crippen LogP contribution < -0.4 is 9.47 Å². The lowest BCUT2D eigenvalue weighted by molar-refractivity contribution is -0.142. The fourth-order valence-corrected chi connectivity index (χ4v) is 2.48. The number of carbonyl (C=O) groups excluding carboxylic acids is 1. The number of rotatable bonds is 8. The van der Waals surface area contributed by atoms with Gasteiger partial charge >= 0.3 is 5.97 Å². The van der Waals surface area contributed by atoms with Gasteiger partial charge in [0, 0.05) is 19.2 Å². The van der Waals surface area contributed by atoms with Gasteiger partial charge in [0.05, 0.1) is 0 Å². The minimum atomic E-state index is -0.374. The van der Waals surface area contributed by atoms with Crippen LogP contribution in [0.1, 0.15) is 23.7 Å². The number of nitrogens with zero attached hydrogens (tertiary/aromatic N) is 1. The summed E-state index contributed by atoms with van der Waals surface area (Å²) in [5, 5.41) is 0. The minimum absolute atomic E-state index is 0.0298. The molecule has 0 saturated heterocycles. The maximum Gasteiger partial charge on any atom is 0.303 e. The monoisotopic (exact) mass is 363 g/mol. The van der Waals surface area contributed by atoms with Crippen molar-refractivity contribution < 1.29 is 19.0 Å². The van der Waals surface area contributed by atoms with E-state index in [-0.39, 0.29) is 12.6 Å². The Morgan fingerprint density at radius 3 is 2.00 bits per heavy atom. The van der Waals surface area contributed by atoms with Crippen LogP contribution >= 0.6 is 0 Å². The number of ether oxygens (including phenoxy) is 3. The van der Waals surface area contributed by atoms with Gasteiger partial charge in [-0.1, -0.05) is 60.7 Å². The molecule has 0 aliphatic heterocycles. The number of esters is 1. The third kappa shape index (κ3) is 5.57. The number of carbonyl (C=O) groups is 1. The fourth-order valence-electron chi connectivity index (χ4n) is 2.48. The van der Waals surface area contributed by atoms with Gasteiger partial charge in [-0.05, 0) is 11.1 Å². The highest BCUT2D eigenvalue weighted by atomic mass is 16.5. The molecule has 0 aliphatic carbocycles. The molecule has 138 valence electrons. The van der Waals surface area contributed by atoms with Gasteiger partial charge in [0.1, 0.15) is 25.5 Å². The van der Waals surface area contributed by atoms with Crippen molar-refractivity contribution >= 4 is 5.97 Å². The van der Waals surface area contributed by atoms with Crippen LogP contribution in [0.3, 0.4) is 0 Å². The standard InChI is InChI=1S/C22H21NO4/c1-17(24)25-16-20-22(27-15-19-10-6-3-7-11-19)21(12-13-23-20)26-14-18-8-4-2-5-9-18/h2-13H,14-16H2,1H3. The molecule has 0 bridgehead atoms. The van der Waals surface area contributed by atoms with Gasteiger partial charge in [0.2, 0.25) is 0 Å². The summed E-state index contributed by atoms with van der Waals surface area (Å²) in [6, 6.07) is 21.4. The SMILES string of the molecule is CC(=O)OCc1nccc(OCc2ccccc2)c1OCc1ccccc1. The summed E-state index contributed by atoms with van der Waals surface area (Å²) in [5.74, 6) is 0.673. The Labute approximate surface area is 158 Å². The molecular weight excluding hydrogens is 342 g/mol. The van der Waals surface area contributed by atoms with Crippen molar-refractivity contribution in [3.8, 4) is 11.5 Å². The molecule has 0 fully saturated rings. The third-order valence-corrected chi connectivity index (χ3v) is 3.82. The molecule has 0 spiro atoms. The van der Waals surface area contributed by atoms with Crippen LogP contribution in [0.15, 0.2) is 72.9 Å². The van der Waals surface area contributed by atoms with E-state index in [0.717, 1.165) is 11.1 Å². The van der Waals surface area contributed by atoms with Crippen LogP contribution in [0, 0.1) is 0 Å². The summed E-state index contributed by atoms with van der Waals surface area (Å²) in [7, 11) is 0. The van der Waals surface area contributed by atoms with Gasteiger partial charge < -0.3 is 14.2 Å². The predicted octanol–water partition coefficient (Wildman–Crippen LogP) is 4.30. The Morgan fingerprint density at radius 1 is 0.815 bits per heavy atom. The zero-order valence-electron chi connectivity index (χ0n) is 15.1. The summed E-state index contributed by atoms with van der Waals surface area (Å²) >= 11 is 0. The molecule has 0 unspecified atom stereocenters. The molecule has 5 nitrogen and oxygen atoms in total. The van der Waals surface area contributed by atoms with E-state index in [4.69, 9.17) is 14.2 Å². The Kier molecular flexibility index (Phi) is 6.41. The first-order chi connectivity index (χ1) is 13.2. The molecule has 0 atom stereocenters. The maximum absolute atomic E-state index is 11.2. The molecule has 0 N–H and O–H groups in total. The summed E-state index contributed by atoms with van der Waals surface area (Å²) in [5.41, 5.74) is 2.59. The highest BCUT2D eigenvalue weighted by molar-refractivity contribution is 5.66. The van der Waals surface area contributed by atoms with E-state index < -0.39 is 0 Å². The smallest absolute Gasteiger partial charge is 0.303 e. The summed E-state index contributed by atoms with van der Waals surface area (Å²) in [4.78, 5) is 15.5. The molecule has 5 heteroatoms. The second-order valence-corrected chi connectivity index (χ2v) is 5.91. The molecule has 2 aromatic carbocycles. The van der Waals surface area contributed by atoms with Crippen LogP contribution in [0.2, 0.25) is 0 Å². The van der Waals surface area contributed by atoms with Crippen molar-refractivity contribution in [3.63, 3.8) is 0 Å². The van der Waals surface area contributed by atoms with Crippen LogP contribution in [0.25, 0.3) is 0 Å². The molecule has 0 amide bonds. The Balaban J connectivity index is 1.79. The van der Waals surface area contributed by atoms with Crippen molar-refractivity contribution in [2.24, 2.45) is 0 Å². The number of pyridine rings is 1. The predicted molar refractivity (Wildman–Crippen MR) is 101 cm³/mol. The molecule has 1 aromatic heterocycles. The second-order valence-electron chi connectivity index (χ2n) is 5.91. The number of hydrogen-bond acceptors (Lipinski definition) is 5. The van der Waals surface area contributed by atoms with Crippen LogP contribution in [0.4, 0.5) is 0 Å². The normalized spacial score (nSPS) is 10.3. The topological polar surface area (TPSA) is 57.7 Å². The van der Waals surface area contributed by atoms with Gasteiger partial charge in [-0.15, -0.1) is 0 Å². The summed E-state index contributed by atoms with van der Waals surface area (Å²) < 4.78 is 17.1. The fraction of sp³-hybridized carbons (Fsp3) is 0.182. The van der Waals surface area contributed by atoms with Gasteiger partial charge in [0.25, 0.3) is 0 Å². The second kappa shape index (κ2) is 9.38. The first-order valence-corrected chi connectivity index (χ1v) is 8.67. The average molecular weight is 363 g/mol. The van der Waals surface area contributed by atoms with E-state index in [1.807, 2.05) is 60.7 Å². The van der Waals surface area contributed by atoms with Crippen molar-refractivity contribution in [3.05, 3.63) is 89.7 Å². The van der Waals surface area contributed by atoms with Crippen molar-refractivity contribution in [2.75, 3.05) is 0 Å². The van der Waals surface area contributed by atoms with E-state index in [1.165, 1.54) is 6.92 Å². The quantitative estimate of drug-likeness (QED) is 0.559. The van der Waals surface area contributed by atoms with E-state index in [2.05, 4.69) is 4.98 Å². The van der Waals surface area contributed by atoms with E-state index in [1.54, 1.807) is 12.3 Å². The molecule has 0 radical (unpaired) electrons. The highest BCUT2D eigenvalue weighted by Gasteiger charge is 2.15. The molecule has 3 aromatic rings. The van der Waals surface area contributed by atoms with E-state index in [0.29, 0.717) is 30.4 Å². The van der Waals surface area contributed by atoms with Crippen LogP contribution in [-0.4, -0.2) is 11.0 Å². The highest BCUT2D eigenvalue weighted by Crippen LogP contribution is 2.32. The first kappa shape index (κ1) is 18.5.